The summed E-state index contributed by atoms with van der Waals surface area (Å²) >= 11 is 0. The van der Waals surface area contributed by atoms with Gasteiger partial charge in [-0.3, -0.25) is 0 Å². The summed E-state index contributed by atoms with van der Waals surface area (Å²) < 4.78 is 12.6. The van der Waals surface area contributed by atoms with Crippen LogP contribution in [0.3, 0.4) is 0 Å². The molecule has 0 radical (unpaired) electrons. The third-order valence-electron chi connectivity index (χ3n) is 1.51. The third kappa shape index (κ3) is 2.84. The second-order valence-corrected chi connectivity index (χ2v) is 2.49. The van der Waals surface area contributed by atoms with Crippen LogP contribution in [0.1, 0.15) is 5.56 Å². The van der Waals surface area contributed by atoms with Gasteiger partial charge in [0, 0.05) is 0 Å². The molecule has 0 aliphatic carbocycles. The second kappa shape index (κ2) is 4.67. The molecule has 1 nitrogen and oxygen atoms in total. The molecule has 0 amide bonds. The van der Waals surface area contributed by atoms with E-state index in [9.17, 15) is 4.39 Å². The predicted molar refractivity (Wildman–Crippen MR) is 46.3 cm³/mol. The first-order valence-corrected chi connectivity index (χ1v) is 3.83. The Kier molecular flexibility index (Phi) is 3.48. The lowest BCUT2D eigenvalue weighted by molar-refractivity contribution is 0.342. The van der Waals surface area contributed by atoms with Crippen molar-refractivity contribution < 1.29 is 9.50 Å². The van der Waals surface area contributed by atoms with Crippen molar-refractivity contribution in [3.8, 4) is 0 Å². The number of hydrogen-bond acceptors (Lipinski definition) is 1. The Bertz CT molecular complexity index is 268. The molecular formula is C10H11FO. The number of rotatable bonds is 3. The van der Waals surface area contributed by atoms with E-state index in [1.807, 2.05) is 12.1 Å². The van der Waals surface area contributed by atoms with Gasteiger partial charge in [-0.2, -0.15) is 0 Å². The van der Waals surface area contributed by atoms with E-state index in [1.54, 1.807) is 12.1 Å². The van der Waals surface area contributed by atoms with E-state index in [4.69, 9.17) is 5.11 Å². The molecular weight excluding hydrogens is 155 g/mol. The van der Waals surface area contributed by atoms with Crippen molar-refractivity contribution in [2.75, 3.05) is 6.61 Å². The number of halogens is 1. The zero-order valence-electron chi connectivity index (χ0n) is 6.70. The minimum absolute atomic E-state index is 0.0370. The van der Waals surface area contributed by atoms with E-state index in [2.05, 4.69) is 0 Å². The van der Waals surface area contributed by atoms with Crippen molar-refractivity contribution in [1.29, 1.82) is 0 Å². The average Bonchev–Trinajstić information content (AvgIpc) is 2.05. The van der Waals surface area contributed by atoms with Crippen LogP contribution in [0.15, 0.2) is 36.4 Å². The lowest BCUT2D eigenvalue weighted by atomic mass is 10.1. The quantitative estimate of drug-likeness (QED) is 0.680. The second-order valence-electron chi connectivity index (χ2n) is 2.49. The molecule has 64 valence electrons. The molecule has 0 heterocycles. The highest BCUT2D eigenvalue weighted by molar-refractivity contribution is 5.18. The van der Waals surface area contributed by atoms with Gasteiger partial charge in [0.15, 0.2) is 0 Å². The molecule has 0 bridgehead atoms. The maximum absolute atomic E-state index is 12.6. The summed E-state index contributed by atoms with van der Waals surface area (Å²) in [5.74, 6) is -0.218. The Morgan fingerprint density at radius 3 is 2.83 bits per heavy atom. The number of aliphatic hydroxyl groups excluding tert-OH is 1. The lowest BCUT2D eigenvalue weighted by Crippen LogP contribution is -1.83. The van der Waals surface area contributed by atoms with Gasteiger partial charge in [0.2, 0.25) is 0 Å². The number of benzene rings is 1. The van der Waals surface area contributed by atoms with Gasteiger partial charge in [0.25, 0.3) is 0 Å². The van der Waals surface area contributed by atoms with Gasteiger partial charge < -0.3 is 5.11 Å². The first-order chi connectivity index (χ1) is 5.83. The molecule has 0 aliphatic rings. The Labute approximate surface area is 71.2 Å². The van der Waals surface area contributed by atoms with Crippen LogP contribution < -0.4 is 0 Å². The molecule has 0 aromatic heterocycles. The highest BCUT2D eigenvalue weighted by Crippen LogP contribution is 2.04. The van der Waals surface area contributed by atoms with Crippen LogP contribution in [0.4, 0.5) is 4.39 Å². The smallest absolute Gasteiger partial charge is 0.123 e. The lowest BCUT2D eigenvalue weighted by Gasteiger charge is -1.94. The molecule has 1 N–H and O–H groups in total. The predicted octanol–water partition coefficient (Wildman–Crippen LogP) is 1.92. The van der Waals surface area contributed by atoms with Crippen molar-refractivity contribution in [1.82, 2.24) is 0 Å². The molecule has 12 heavy (non-hydrogen) atoms. The highest BCUT2D eigenvalue weighted by Gasteiger charge is 1.91. The summed E-state index contributed by atoms with van der Waals surface area (Å²) in [4.78, 5) is 0. The average molecular weight is 166 g/mol. The van der Waals surface area contributed by atoms with Crippen molar-refractivity contribution in [3.05, 3.63) is 47.8 Å². The summed E-state index contributed by atoms with van der Waals surface area (Å²) in [5, 5.41) is 8.44. The highest BCUT2D eigenvalue weighted by atomic mass is 19.1. The van der Waals surface area contributed by atoms with Crippen molar-refractivity contribution >= 4 is 0 Å². The fourth-order valence-corrected chi connectivity index (χ4v) is 0.958. The van der Waals surface area contributed by atoms with Crippen LogP contribution in [-0.4, -0.2) is 11.7 Å². The fraction of sp³-hybridized carbons (Fsp3) is 0.200. The summed E-state index contributed by atoms with van der Waals surface area (Å²) in [7, 11) is 0. The maximum atomic E-state index is 12.6. The Morgan fingerprint density at radius 1 is 1.33 bits per heavy atom. The van der Waals surface area contributed by atoms with Gasteiger partial charge in [-0.15, -0.1) is 0 Å². The molecule has 2 heteroatoms. The molecule has 0 unspecified atom stereocenters. The molecule has 0 atom stereocenters. The normalized spacial score (nSPS) is 10.8. The number of aliphatic hydroxyl groups is 1. The van der Waals surface area contributed by atoms with Gasteiger partial charge in [0.05, 0.1) is 6.61 Å². The van der Waals surface area contributed by atoms with E-state index in [-0.39, 0.29) is 12.4 Å². The summed E-state index contributed by atoms with van der Waals surface area (Å²) in [6.45, 7) is 0.0370. The summed E-state index contributed by atoms with van der Waals surface area (Å²) in [6.07, 6.45) is 4.12. The van der Waals surface area contributed by atoms with E-state index in [1.165, 1.54) is 12.1 Å². The molecule has 1 aromatic rings. The molecule has 0 saturated carbocycles. The van der Waals surface area contributed by atoms with E-state index < -0.39 is 0 Å². The summed E-state index contributed by atoms with van der Waals surface area (Å²) in [5.41, 5.74) is 0.916. The Balaban J connectivity index is 2.57. The van der Waals surface area contributed by atoms with Crippen LogP contribution in [0.2, 0.25) is 0 Å². The SMILES string of the molecule is OC/C=C/Cc1cccc(F)c1. The molecule has 0 saturated heterocycles. The fourth-order valence-electron chi connectivity index (χ4n) is 0.958. The number of allylic oxidation sites excluding steroid dienone is 1. The maximum Gasteiger partial charge on any atom is 0.123 e. The zero-order chi connectivity index (χ0) is 8.81. The van der Waals surface area contributed by atoms with E-state index >= 15 is 0 Å². The van der Waals surface area contributed by atoms with Crippen LogP contribution in [0, 0.1) is 5.82 Å². The van der Waals surface area contributed by atoms with Crippen molar-refractivity contribution in [3.63, 3.8) is 0 Å². The summed E-state index contributed by atoms with van der Waals surface area (Å²) in [6, 6.07) is 6.43. The third-order valence-corrected chi connectivity index (χ3v) is 1.51. The van der Waals surface area contributed by atoms with Crippen LogP contribution >= 0.6 is 0 Å². The van der Waals surface area contributed by atoms with Crippen LogP contribution in [0.25, 0.3) is 0 Å². The number of hydrogen-bond donors (Lipinski definition) is 1. The standard InChI is InChI=1S/C10H11FO/c11-10-6-3-5-9(8-10)4-1-2-7-12/h1-3,5-6,8,12H,4,7H2/b2-1+. The monoisotopic (exact) mass is 166 g/mol. The molecule has 0 aliphatic heterocycles. The van der Waals surface area contributed by atoms with Gasteiger partial charge in [0.1, 0.15) is 5.82 Å². The topological polar surface area (TPSA) is 20.2 Å². The minimum Gasteiger partial charge on any atom is -0.392 e. The molecule has 0 fully saturated rings. The van der Waals surface area contributed by atoms with Crippen LogP contribution in [0.5, 0.6) is 0 Å². The van der Waals surface area contributed by atoms with Crippen LogP contribution in [-0.2, 0) is 6.42 Å². The first kappa shape index (κ1) is 8.94. The van der Waals surface area contributed by atoms with Gasteiger partial charge in [-0.25, -0.2) is 4.39 Å². The Hall–Kier alpha value is -1.15. The molecule has 0 spiro atoms. The van der Waals surface area contributed by atoms with Gasteiger partial charge in [-0.1, -0.05) is 24.3 Å². The van der Waals surface area contributed by atoms with Crippen molar-refractivity contribution in [2.45, 2.75) is 6.42 Å². The Morgan fingerprint density at radius 2 is 2.17 bits per heavy atom. The minimum atomic E-state index is -0.218. The van der Waals surface area contributed by atoms with Gasteiger partial charge >= 0.3 is 0 Å². The largest absolute Gasteiger partial charge is 0.392 e. The van der Waals surface area contributed by atoms with Crippen molar-refractivity contribution in [2.24, 2.45) is 0 Å². The first-order valence-electron chi connectivity index (χ1n) is 3.83. The van der Waals surface area contributed by atoms with E-state index in [0.717, 1.165) is 5.56 Å². The van der Waals surface area contributed by atoms with Gasteiger partial charge in [-0.05, 0) is 24.1 Å². The molecule has 1 aromatic carbocycles. The molecule has 1 rings (SSSR count). The zero-order valence-corrected chi connectivity index (χ0v) is 6.70. The van der Waals surface area contributed by atoms with E-state index in [0.29, 0.717) is 6.42 Å².